The van der Waals surface area contributed by atoms with Gasteiger partial charge < -0.3 is 10.2 Å². The van der Waals surface area contributed by atoms with Crippen molar-refractivity contribution in [3.63, 3.8) is 0 Å². The molecular formula is C16H14N2O3S2. The number of aliphatic imine (C=N–C) groups is 1. The Hall–Kier alpha value is -2.25. The zero-order valence-electron chi connectivity index (χ0n) is 12.3. The summed E-state index contributed by atoms with van der Waals surface area (Å²) >= 11 is 6.31. The van der Waals surface area contributed by atoms with Gasteiger partial charge >= 0.3 is 5.97 Å². The quantitative estimate of drug-likeness (QED) is 0.824. The minimum absolute atomic E-state index is 0.122. The van der Waals surface area contributed by atoms with Crippen molar-refractivity contribution in [2.75, 3.05) is 0 Å². The van der Waals surface area contributed by atoms with Gasteiger partial charge in [0.1, 0.15) is 6.54 Å². The molecule has 0 aliphatic carbocycles. The molecule has 23 heavy (non-hydrogen) atoms. The number of para-hydroxylation sites is 1. The van der Waals surface area contributed by atoms with Crippen molar-refractivity contribution in [2.24, 2.45) is 4.99 Å². The van der Waals surface area contributed by atoms with Crippen LogP contribution in [0.1, 0.15) is 22.9 Å². The SMILES string of the molecule is CCc1cccc2c1N=C/C2=C/c1sc(=S)n(CC(=O)O)c1O. The molecule has 0 spiro atoms. The lowest BCUT2D eigenvalue weighted by molar-refractivity contribution is -0.137. The van der Waals surface area contributed by atoms with Gasteiger partial charge in [-0.05, 0) is 30.3 Å². The van der Waals surface area contributed by atoms with Gasteiger partial charge in [-0.15, -0.1) is 11.3 Å². The average molecular weight is 346 g/mol. The van der Waals surface area contributed by atoms with Crippen molar-refractivity contribution in [3.8, 4) is 5.88 Å². The van der Waals surface area contributed by atoms with Crippen molar-refractivity contribution in [1.29, 1.82) is 0 Å². The van der Waals surface area contributed by atoms with Crippen LogP contribution in [0.25, 0.3) is 11.6 Å². The van der Waals surface area contributed by atoms with Gasteiger partial charge in [-0.3, -0.25) is 14.4 Å². The van der Waals surface area contributed by atoms with Crippen molar-refractivity contribution in [1.82, 2.24) is 4.57 Å². The number of hydrogen-bond donors (Lipinski definition) is 2. The first-order chi connectivity index (χ1) is 11.0. The number of aryl methyl sites for hydroxylation is 1. The van der Waals surface area contributed by atoms with Crippen LogP contribution in [0.3, 0.4) is 0 Å². The number of nitrogens with zero attached hydrogens (tertiary/aromatic N) is 2. The Labute approximate surface area is 141 Å². The number of hydrogen-bond acceptors (Lipinski definition) is 5. The summed E-state index contributed by atoms with van der Waals surface area (Å²) in [4.78, 5) is 15.8. The molecule has 2 N–H and O–H groups in total. The first-order valence-electron chi connectivity index (χ1n) is 7.03. The molecule has 2 heterocycles. The standard InChI is InChI=1S/C16H14N2O3S2/c1-2-9-4-3-5-11-10(7-17-14(9)11)6-12-15(21)18(8-13(19)20)16(22)23-12/h3-7,21H,2,8H2,1H3,(H,19,20)/b10-6-. The van der Waals surface area contributed by atoms with E-state index < -0.39 is 5.97 Å². The molecule has 0 fully saturated rings. The van der Waals surface area contributed by atoms with Crippen molar-refractivity contribution in [3.05, 3.63) is 38.2 Å². The van der Waals surface area contributed by atoms with Crippen LogP contribution in [0.5, 0.6) is 5.88 Å². The summed E-state index contributed by atoms with van der Waals surface area (Å²) in [6, 6.07) is 6.01. The zero-order chi connectivity index (χ0) is 16.6. The second kappa shape index (κ2) is 6.10. The van der Waals surface area contributed by atoms with Crippen LogP contribution in [0, 0.1) is 3.95 Å². The van der Waals surface area contributed by atoms with Gasteiger partial charge in [0.2, 0.25) is 5.88 Å². The Morgan fingerprint density at radius 3 is 2.96 bits per heavy atom. The van der Waals surface area contributed by atoms with Gasteiger partial charge in [-0.2, -0.15) is 0 Å². The second-order valence-corrected chi connectivity index (χ2v) is 6.74. The van der Waals surface area contributed by atoms with E-state index in [0.717, 1.165) is 23.2 Å². The molecule has 1 aliphatic rings. The number of aromatic nitrogens is 1. The largest absolute Gasteiger partial charge is 0.493 e. The van der Waals surface area contributed by atoms with E-state index in [9.17, 15) is 9.90 Å². The van der Waals surface area contributed by atoms with Gasteiger partial charge in [0.25, 0.3) is 0 Å². The molecule has 1 aliphatic heterocycles. The summed E-state index contributed by atoms with van der Waals surface area (Å²) < 4.78 is 1.54. The first-order valence-corrected chi connectivity index (χ1v) is 8.26. The molecule has 0 bridgehead atoms. The zero-order valence-corrected chi connectivity index (χ0v) is 13.9. The third-order valence-electron chi connectivity index (χ3n) is 3.62. The molecule has 0 amide bonds. The fourth-order valence-electron chi connectivity index (χ4n) is 2.50. The van der Waals surface area contributed by atoms with Crippen LogP contribution in [0.15, 0.2) is 23.2 Å². The number of rotatable bonds is 4. The number of thiazole rings is 1. The van der Waals surface area contributed by atoms with E-state index in [2.05, 4.69) is 11.9 Å². The predicted molar refractivity (Wildman–Crippen MR) is 94.3 cm³/mol. The monoisotopic (exact) mass is 346 g/mol. The van der Waals surface area contributed by atoms with E-state index in [1.165, 1.54) is 21.5 Å². The Balaban J connectivity index is 2.05. The summed E-state index contributed by atoms with van der Waals surface area (Å²) in [5.74, 6) is -1.17. The maximum absolute atomic E-state index is 10.9. The van der Waals surface area contributed by atoms with E-state index in [1.807, 2.05) is 18.2 Å². The maximum Gasteiger partial charge on any atom is 0.323 e. The summed E-state index contributed by atoms with van der Waals surface area (Å²) in [6.07, 6.45) is 4.45. The summed E-state index contributed by atoms with van der Waals surface area (Å²) in [5.41, 5.74) is 4.01. The van der Waals surface area contributed by atoms with Gasteiger partial charge in [0.05, 0.1) is 10.6 Å². The van der Waals surface area contributed by atoms with E-state index in [-0.39, 0.29) is 12.4 Å². The molecule has 0 saturated heterocycles. The van der Waals surface area contributed by atoms with E-state index in [1.54, 1.807) is 12.3 Å². The van der Waals surface area contributed by atoms with Crippen LogP contribution >= 0.6 is 23.6 Å². The molecule has 0 unspecified atom stereocenters. The van der Waals surface area contributed by atoms with Crippen LogP contribution in [0.2, 0.25) is 0 Å². The minimum atomic E-state index is -1.05. The highest BCUT2D eigenvalue weighted by molar-refractivity contribution is 7.73. The maximum atomic E-state index is 10.9. The number of carboxylic acid groups (broad SMARTS) is 1. The third-order valence-corrected chi connectivity index (χ3v) is 5.00. The molecule has 0 atom stereocenters. The minimum Gasteiger partial charge on any atom is -0.493 e. The number of allylic oxidation sites excluding steroid dienone is 1. The summed E-state index contributed by atoms with van der Waals surface area (Å²) in [7, 11) is 0. The molecular weight excluding hydrogens is 332 g/mol. The van der Waals surface area contributed by atoms with Crippen LogP contribution in [-0.4, -0.2) is 27.0 Å². The Morgan fingerprint density at radius 1 is 1.48 bits per heavy atom. The van der Waals surface area contributed by atoms with Crippen molar-refractivity contribution in [2.45, 2.75) is 19.9 Å². The predicted octanol–water partition coefficient (Wildman–Crippen LogP) is 3.89. The van der Waals surface area contributed by atoms with Crippen molar-refractivity contribution < 1.29 is 15.0 Å². The Morgan fingerprint density at radius 2 is 2.26 bits per heavy atom. The number of aliphatic carboxylic acids is 1. The molecule has 0 radical (unpaired) electrons. The molecule has 1 aromatic heterocycles. The van der Waals surface area contributed by atoms with Crippen molar-refractivity contribution >= 4 is 53.1 Å². The van der Waals surface area contributed by atoms with Gasteiger partial charge in [0, 0.05) is 17.4 Å². The number of benzene rings is 1. The number of aromatic hydroxyl groups is 1. The van der Waals surface area contributed by atoms with Gasteiger partial charge in [-0.25, -0.2) is 0 Å². The highest BCUT2D eigenvalue weighted by atomic mass is 32.1. The third kappa shape index (κ3) is 2.85. The summed E-state index contributed by atoms with van der Waals surface area (Å²) in [6.45, 7) is 1.73. The van der Waals surface area contributed by atoms with Crippen LogP contribution in [-0.2, 0) is 17.8 Å². The van der Waals surface area contributed by atoms with Crippen LogP contribution < -0.4 is 0 Å². The lowest BCUT2D eigenvalue weighted by Crippen LogP contribution is -2.07. The van der Waals surface area contributed by atoms with Gasteiger partial charge in [-0.1, -0.05) is 25.1 Å². The molecule has 3 rings (SSSR count). The normalized spacial score (nSPS) is 14.4. The van der Waals surface area contributed by atoms with E-state index in [0.29, 0.717) is 8.83 Å². The Kier molecular flexibility index (Phi) is 4.14. The molecule has 2 aromatic rings. The molecule has 118 valence electrons. The molecule has 0 saturated carbocycles. The lowest BCUT2D eigenvalue weighted by atomic mass is 10.0. The smallest absolute Gasteiger partial charge is 0.323 e. The lowest BCUT2D eigenvalue weighted by Gasteiger charge is -2.04. The number of carboxylic acids is 1. The molecule has 7 heteroatoms. The second-order valence-electron chi connectivity index (χ2n) is 5.06. The van der Waals surface area contributed by atoms with E-state index in [4.69, 9.17) is 17.3 Å². The fourth-order valence-corrected chi connectivity index (χ4v) is 3.76. The highest BCUT2D eigenvalue weighted by Gasteiger charge is 2.18. The van der Waals surface area contributed by atoms with E-state index >= 15 is 0 Å². The summed E-state index contributed by atoms with van der Waals surface area (Å²) in [5, 5.41) is 19.1. The first kappa shape index (κ1) is 15.6. The average Bonchev–Trinajstić information content (AvgIpc) is 3.04. The van der Waals surface area contributed by atoms with Gasteiger partial charge in [0.15, 0.2) is 3.95 Å². The molecule has 1 aromatic carbocycles. The topological polar surface area (TPSA) is 74.8 Å². The number of fused-ring (bicyclic) bond motifs is 1. The molecule has 5 nitrogen and oxygen atoms in total. The van der Waals surface area contributed by atoms with Crippen LogP contribution in [0.4, 0.5) is 5.69 Å². The Bertz CT molecular complexity index is 907. The number of carbonyl (C=O) groups is 1. The fraction of sp³-hybridized carbons (Fsp3) is 0.188. The highest BCUT2D eigenvalue weighted by Crippen LogP contribution is 2.38.